The average Bonchev–Trinajstić information content (AvgIpc) is 3.72. The van der Waals surface area contributed by atoms with Crippen LogP contribution in [0.2, 0.25) is 0 Å². The van der Waals surface area contributed by atoms with Gasteiger partial charge in [0.15, 0.2) is 0 Å². The molecule has 1 saturated heterocycles. The van der Waals surface area contributed by atoms with Crippen molar-refractivity contribution in [1.29, 1.82) is 0 Å². The number of hydrogen-bond donors (Lipinski definition) is 1. The SMILES string of the molecule is Cn1ccc(C2CCNCC2C(=O)N(Cc2cn(Cc3cccc(F)c3)c3ccccc23)C2CC2)cc1=O. The number of fused-ring (bicyclic) bond motifs is 1. The molecule has 0 bridgehead atoms. The van der Waals surface area contributed by atoms with Gasteiger partial charge in [0, 0.05) is 62.1 Å². The maximum absolute atomic E-state index is 14.1. The van der Waals surface area contributed by atoms with E-state index in [1.807, 2.05) is 24.3 Å². The maximum Gasteiger partial charge on any atom is 0.250 e. The van der Waals surface area contributed by atoms with Gasteiger partial charge in [0.2, 0.25) is 5.91 Å². The van der Waals surface area contributed by atoms with E-state index in [4.69, 9.17) is 0 Å². The zero-order valence-corrected chi connectivity index (χ0v) is 21.6. The molecule has 1 aliphatic carbocycles. The number of carbonyl (C=O) groups excluding carboxylic acids is 1. The Hall–Kier alpha value is -3.71. The van der Waals surface area contributed by atoms with Crippen molar-refractivity contribution in [2.24, 2.45) is 13.0 Å². The summed E-state index contributed by atoms with van der Waals surface area (Å²) in [7, 11) is 1.75. The maximum atomic E-state index is 14.1. The molecule has 2 fully saturated rings. The van der Waals surface area contributed by atoms with Crippen LogP contribution in [0.3, 0.4) is 0 Å². The van der Waals surface area contributed by atoms with E-state index in [0.717, 1.165) is 53.4 Å². The number of aromatic nitrogens is 2. The van der Waals surface area contributed by atoms with Crippen LogP contribution < -0.4 is 10.9 Å². The Morgan fingerprint density at radius 3 is 2.71 bits per heavy atom. The first-order chi connectivity index (χ1) is 18.5. The van der Waals surface area contributed by atoms with E-state index in [1.165, 1.54) is 6.07 Å². The second-order valence-electron chi connectivity index (χ2n) is 10.7. The highest BCUT2D eigenvalue weighted by molar-refractivity contribution is 5.86. The van der Waals surface area contributed by atoms with Gasteiger partial charge in [0.05, 0.1) is 5.92 Å². The molecule has 0 radical (unpaired) electrons. The highest BCUT2D eigenvalue weighted by atomic mass is 19.1. The van der Waals surface area contributed by atoms with Crippen molar-refractivity contribution in [3.63, 3.8) is 0 Å². The number of nitrogens with zero attached hydrogens (tertiary/aromatic N) is 3. The first kappa shape index (κ1) is 24.6. The van der Waals surface area contributed by atoms with Gasteiger partial charge in [-0.3, -0.25) is 9.59 Å². The third-order valence-corrected chi connectivity index (χ3v) is 8.08. The Labute approximate surface area is 221 Å². The van der Waals surface area contributed by atoms with Gasteiger partial charge in [-0.15, -0.1) is 0 Å². The zero-order valence-electron chi connectivity index (χ0n) is 21.6. The minimum atomic E-state index is -0.239. The van der Waals surface area contributed by atoms with Gasteiger partial charge in [-0.25, -0.2) is 4.39 Å². The van der Waals surface area contributed by atoms with Crippen molar-refractivity contribution in [3.8, 4) is 0 Å². The third-order valence-electron chi connectivity index (χ3n) is 8.08. The molecule has 4 aromatic rings. The minimum Gasteiger partial charge on any atom is -0.343 e. The lowest BCUT2D eigenvalue weighted by molar-refractivity contribution is -0.138. The average molecular weight is 513 g/mol. The van der Waals surface area contributed by atoms with Crippen molar-refractivity contribution in [2.45, 2.75) is 44.3 Å². The summed E-state index contributed by atoms with van der Waals surface area (Å²) in [6.07, 6.45) is 6.78. The summed E-state index contributed by atoms with van der Waals surface area (Å²) in [6.45, 7) is 2.55. The monoisotopic (exact) mass is 512 g/mol. The van der Waals surface area contributed by atoms with Crippen molar-refractivity contribution in [3.05, 3.63) is 106 Å². The molecule has 1 aliphatic heterocycles. The van der Waals surface area contributed by atoms with Gasteiger partial charge in [-0.05, 0) is 72.7 Å². The quantitative estimate of drug-likeness (QED) is 0.399. The molecule has 2 atom stereocenters. The van der Waals surface area contributed by atoms with Crippen LogP contribution in [-0.4, -0.2) is 39.1 Å². The highest BCUT2D eigenvalue weighted by Crippen LogP contribution is 2.36. The summed E-state index contributed by atoms with van der Waals surface area (Å²) in [5.41, 5.74) is 3.99. The number of pyridine rings is 1. The first-order valence-electron chi connectivity index (χ1n) is 13.5. The lowest BCUT2D eigenvalue weighted by atomic mass is 9.80. The number of hydrogen-bond acceptors (Lipinski definition) is 3. The molecule has 2 aromatic carbocycles. The molecule has 3 heterocycles. The lowest BCUT2D eigenvalue weighted by Crippen LogP contribution is -2.47. The molecule has 1 N–H and O–H groups in total. The second kappa shape index (κ2) is 10.2. The van der Waals surface area contributed by atoms with E-state index in [0.29, 0.717) is 19.6 Å². The summed E-state index contributed by atoms with van der Waals surface area (Å²) >= 11 is 0. The molecule has 6 nitrogen and oxygen atoms in total. The molecule has 38 heavy (non-hydrogen) atoms. The Morgan fingerprint density at radius 2 is 1.92 bits per heavy atom. The normalized spacial score (nSPS) is 19.5. The standard InChI is InChI=1S/C31H33FN4O2/c1-34-14-12-22(16-30(34)37)26-11-13-33-17-28(26)31(38)36(25-9-10-25)20-23-19-35(29-8-3-2-7-27(23)29)18-21-5-4-6-24(32)15-21/h2-8,12,14-16,19,25-26,28,33H,9-11,13,17-18,20H2,1H3. The fourth-order valence-electron chi connectivity index (χ4n) is 5.89. The fourth-order valence-corrected chi connectivity index (χ4v) is 5.89. The van der Waals surface area contributed by atoms with Crippen molar-refractivity contribution in [2.75, 3.05) is 13.1 Å². The van der Waals surface area contributed by atoms with Crippen LogP contribution >= 0.6 is 0 Å². The number of amides is 1. The molecule has 2 aliphatic rings. The molecule has 1 saturated carbocycles. The summed E-state index contributed by atoms with van der Waals surface area (Å²) < 4.78 is 17.6. The van der Waals surface area contributed by atoms with E-state index in [9.17, 15) is 14.0 Å². The number of halogens is 1. The van der Waals surface area contributed by atoms with E-state index in [1.54, 1.807) is 36.0 Å². The number of carbonyl (C=O) groups is 1. The topological polar surface area (TPSA) is 59.3 Å². The molecule has 1 amide bonds. The van der Waals surface area contributed by atoms with Crippen LogP contribution in [0.1, 0.15) is 41.9 Å². The lowest BCUT2D eigenvalue weighted by Gasteiger charge is -2.35. The van der Waals surface area contributed by atoms with Crippen LogP contribution in [0.4, 0.5) is 4.39 Å². The Morgan fingerprint density at radius 1 is 1.08 bits per heavy atom. The first-order valence-corrected chi connectivity index (χ1v) is 13.5. The van der Waals surface area contributed by atoms with Gasteiger partial charge >= 0.3 is 0 Å². The van der Waals surface area contributed by atoms with Crippen LogP contribution in [0.5, 0.6) is 0 Å². The Balaban J connectivity index is 1.30. The van der Waals surface area contributed by atoms with Gasteiger partial charge in [-0.2, -0.15) is 0 Å². The molecule has 7 heteroatoms. The van der Waals surface area contributed by atoms with Crippen LogP contribution in [0.25, 0.3) is 10.9 Å². The largest absolute Gasteiger partial charge is 0.343 e. The summed E-state index contributed by atoms with van der Waals surface area (Å²) in [5.74, 6) is -0.269. The minimum absolute atomic E-state index is 0.0215. The third kappa shape index (κ3) is 4.90. The van der Waals surface area contributed by atoms with Crippen molar-refractivity contribution in [1.82, 2.24) is 19.4 Å². The molecule has 6 rings (SSSR count). The highest BCUT2D eigenvalue weighted by Gasteiger charge is 2.40. The second-order valence-corrected chi connectivity index (χ2v) is 10.7. The van der Waals surface area contributed by atoms with E-state index < -0.39 is 0 Å². The number of para-hydroxylation sites is 1. The fraction of sp³-hybridized carbons (Fsp3) is 0.355. The predicted molar refractivity (Wildman–Crippen MR) is 146 cm³/mol. The molecule has 196 valence electrons. The van der Waals surface area contributed by atoms with Crippen molar-refractivity contribution >= 4 is 16.8 Å². The smallest absolute Gasteiger partial charge is 0.250 e. The van der Waals surface area contributed by atoms with Gasteiger partial charge in [0.25, 0.3) is 5.56 Å². The number of aryl methyl sites for hydroxylation is 1. The van der Waals surface area contributed by atoms with Crippen molar-refractivity contribution < 1.29 is 9.18 Å². The summed E-state index contributed by atoms with van der Waals surface area (Å²) in [5, 5.41) is 4.54. The van der Waals surface area contributed by atoms with E-state index in [2.05, 4.69) is 33.1 Å². The van der Waals surface area contributed by atoms with Gasteiger partial charge in [-0.1, -0.05) is 30.3 Å². The van der Waals surface area contributed by atoms with Crippen LogP contribution in [0, 0.1) is 11.7 Å². The predicted octanol–water partition coefficient (Wildman–Crippen LogP) is 4.41. The number of rotatable bonds is 7. The summed E-state index contributed by atoms with van der Waals surface area (Å²) in [6, 6.07) is 18.9. The molecular weight excluding hydrogens is 479 g/mol. The van der Waals surface area contributed by atoms with Crippen LogP contribution in [0.15, 0.2) is 77.9 Å². The molecular formula is C31H33FN4O2. The van der Waals surface area contributed by atoms with E-state index in [-0.39, 0.29) is 35.2 Å². The van der Waals surface area contributed by atoms with Crippen LogP contribution in [-0.2, 0) is 24.9 Å². The number of nitrogens with one attached hydrogen (secondary N) is 1. The Kier molecular flexibility index (Phi) is 6.62. The molecule has 0 spiro atoms. The summed E-state index contributed by atoms with van der Waals surface area (Å²) in [4.78, 5) is 28.6. The van der Waals surface area contributed by atoms with Gasteiger partial charge in [0.1, 0.15) is 5.82 Å². The molecule has 2 aromatic heterocycles. The molecule has 2 unspecified atom stereocenters. The van der Waals surface area contributed by atoms with E-state index >= 15 is 0 Å². The number of benzene rings is 2. The Bertz CT molecular complexity index is 1540. The number of piperidine rings is 1. The zero-order chi connectivity index (χ0) is 26.2. The van der Waals surface area contributed by atoms with Gasteiger partial charge < -0.3 is 19.4 Å².